The van der Waals surface area contributed by atoms with Crippen LogP contribution in [0.3, 0.4) is 0 Å². The second-order valence-electron chi connectivity index (χ2n) is 5.70. The molecule has 0 aliphatic rings. The molecule has 0 saturated heterocycles. The van der Waals surface area contributed by atoms with Crippen LogP contribution in [0.5, 0.6) is 0 Å². The molecule has 0 aliphatic heterocycles. The van der Waals surface area contributed by atoms with Crippen LogP contribution in [0.2, 0.25) is 0 Å². The molecule has 3 aromatic heterocycles. The maximum Gasteiger partial charge on any atom is 0.306 e. The molecule has 0 N–H and O–H groups in total. The standard InChI is InChI=1S/C19H15N3O5/c23-18(9-8-17-20-19(22-27-17)15-7-4-10-24-15)25-12-14-11-16(26-21-14)13-5-2-1-3-6-13/h1-7,10-11H,8-9,12H2. The maximum absolute atomic E-state index is 11.9. The van der Waals surface area contributed by atoms with Crippen LogP contribution in [-0.4, -0.2) is 21.3 Å². The minimum atomic E-state index is -0.392. The number of furan rings is 1. The highest BCUT2D eigenvalue weighted by molar-refractivity contribution is 5.69. The van der Waals surface area contributed by atoms with Gasteiger partial charge in [0.15, 0.2) is 11.5 Å². The predicted octanol–water partition coefficient (Wildman–Crippen LogP) is 3.66. The number of aromatic nitrogens is 3. The molecule has 0 amide bonds. The van der Waals surface area contributed by atoms with Gasteiger partial charge in [0.25, 0.3) is 0 Å². The van der Waals surface area contributed by atoms with E-state index >= 15 is 0 Å². The zero-order valence-corrected chi connectivity index (χ0v) is 14.2. The number of carbonyl (C=O) groups excluding carboxylic acids is 1. The van der Waals surface area contributed by atoms with E-state index in [1.54, 1.807) is 18.2 Å². The Kier molecular flexibility index (Phi) is 4.78. The van der Waals surface area contributed by atoms with Crippen molar-refractivity contribution in [1.29, 1.82) is 0 Å². The summed E-state index contributed by atoms with van der Waals surface area (Å²) < 4.78 is 20.8. The van der Waals surface area contributed by atoms with E-state index in [-0.39, 0.29) is 19.4 Å². The molecule has 136 valence electrons. The van der Waals surface area contributed by atoms with Crippen LogP contribution in [0, 0.1) is 0 Å². The lowest BCUT2D eigenvalue weighted by molar-refractivity contribution is -0.145. The monoisotopic (exact) mass is 365 g/mol. The fraction of sp³-hybridized carbons (Fsp3) is 0.158. The summed E-state index contributed by atoms with van der Waals surface area (Å²) in [4.78, 5) is 16.1. The topological polar surface area (TPSA) is 104 Å². The van der Waals surface area contributed by atoms with Crippen LogP contribution < -0.4 is 0 Å². The summed E-state index contributed by atoms with van der Waals surface area (Å²) >= 11 is 0. The van der Waals surface area contributed by atoms with Gasteiger partial charge in [-0.05, 0) is 12.1 Å². The first-order chi connectivity index (χ1) is 13.3. The highest BCUT2D eigenvalue weighted by Gasteiger charge is 2.14. The third-order valence-corrected chi connectivity index (χ3v) is 3.75. The van der Waals surface area contributed by atoms with E-state index in [0.717, 1.165) is 5.56 Å². The third-order valence-electron chi connectivity index (χ3n) is 3.75. The number of benzene rings is 1. The van der Waals surface area contributed by atoms with E-state index in [2.05, 4.69) is 15.3 Å². The molecule has 0 aliphatic carbocycles. The molecule has 0 bridgehead atoms. The van der Waals surface area contributed by atoms with Crippen molar-refractivity contribution in [3.8, 4) is 22.9 Å². The van der Waals surface area contributed by atoms with E-state index in [9.17, 15) is 4.79 Å². The van der Waals surface area contributed by atoms with Crippen LogP contribution in [0.15, 0.2) is 68.3 Å². The molecule has 27 heavy (non-hydrogen) atoms. The Morgan fingerprint density at radius 3 is 2.70 bits per heavy atom. The average Bonchev–Trinajstić information content (AvgIpc) is 3.47. The third kappa shape index (κ3) is 4.12. The van der Waals surface area contributed by atoms with Crippen molar-refractivity contribution in [3.05, 3.63) is 66.4 Å². The summed E-state index contributed by atoms with van der Waals surface area (Å²) in [7, 11) is 0. The number of hydrogen-bond donors (Lipinski definition) is 0. The Morgan fingerprint density at radius 1 is 1.00 bits per heavy atom. The minimum Gasteiger partial charge on any atom is -0.461 e. The molecule has 8 nitrogen and oxygen atoms in total. The van der Waals surface area contributed by atoms with Crippen LogP contribution in [-0.2, 0) is 22.6 Å². The van der Waals surface area contributed by atoms with E-state index in [4.69, 9.17) is 18.2 Å². The molecule has 8 heteroatoms. The number of hydrogen-bond acceptors (Lipinski definition) is 8. The fourth-order valence-electron chi connectivity index (χ4n) is 2.42. The first kappa shape index (κ1) is 16.8. The lowest BCUT2D eigenvalue weighted by atomic mass is 10.2. The lowest BCUT2D eigenvalue weighted by Gasteiger charge is -2.00. The van der Waals surface area contributed by atoms with Gasteiger partial charge in [-0.1, -0.05) is 40.6 Å². The van der Waals surface area contributed by atoms with Crippen molar-refractivity contribution in [2.75, 3.05) is 0 Å². The highest BCUT2D eigenvalue weighted by atomic mass is 16.5. The Bertz CT molecular complexity index is 1010. The van der Waals surface area contributed by atoms with Gasteiger partial charge in [-0.2, -0.15) is 4.98 Å². The Morgan fingerprint density at radius 2 is 1.89 bits per heavy atom. The zero-order valence-electron chi connectivity index (χ0n) is 14.2. The molecular weight excluding hydrogens is 350 g/mol. The second-order valence-corrected chi connectivity index (χ2v) is 5.70. The van der Waals surface area contributed by atoms with Crippen LogP contribution in [0.25, 0.3) is 22.9 Å². The van der Waals surface area contributed by atoms with Crippen molar-refractivity contribution in [2.24, 2.45) is 0 Å². The number of esters is 1. The molecule has 1 aromatic carbocycles. The van der Waals surface area contributed by atoms with Crippen molar-refractivity contribution >= 4 is 5.97 Å². The van der Waals surface area contributed by atoms with Crippen molar-refractivity contribution < 1.29 is 23.0 Å². The summed E-state index contributed by atoms with van der Waals surface area (Å²) in [5, 5.41) is 7.72. The SMILES string of the molecule is O=C(CCc1nc(-c2ccco2)no1)OCc1cc(-c2ccccc2)on1. The maximum atomic E-state index is 11.9. The van der Waals surface area contributed by atoms with Gasteiger partial charge in [-0.15, -0.1) is 0 Å². The summed E-state index contributed by atoms with van der Waals surface area (Å²) in [6.07, 6.45) is 1.92. The molecule has 4 rings (SSSR count). The zero-order chi connectivity index (χ0) is 18.5. The first-order valence-corrected chi connectivity index (χ1v) is 8.31. The molecule has 0 fully saturated rings. The summed E-state index contributed by atoms with van der Waals surface area (Å²) in [5.41, 5.74) is 1.45. The largest absolute Gasteiger partial charge is 0.461 e. The number of carbonyl (C=O) groups is 1. The number of aryl methyl sites for hydroxylation is 1. The quantitative estimate of drug-likeness (QED) is 0.457. The average molecular weight is 365 g/mol. The van der Waals surface area contributed by atoms with E-state index in [1.165, 1.54) is 6.26 Å². The van der Waals surface area contributed by atoms with E-state index in [0.29, 0.717) is 28.9 Å². The van der Waals surface area contributed by atoms with Crippen LogP contribution >= 0.6 is 0 Å². The van der Waals surface area contributed by atoms with Gasteiger partial charge in [0.2, 0.25) is 11.7 Å². The molecular formula is C19H15N3O5. The van der Waals surface area contributed by atoms with Crippen molar-refractivity contribution in [3.63, 3.8) is 0 Å². The molecule has 4 aromatic rings. The molecule has 3 heterocycles. The van der Waals surface area contributed by atoms with E-state index in [1.807, 2.05) is 30.3 Å². The summed E-state index contributed by atoms with van der Waals surface area (Å²) in [6, 6.07) is 14.8. The van der Waals surface area contributed by atoms with Gasteiger partial charge in [0, 0.05) is 18.1 Å². The highest BCUT2D eigenvalue weighted by Crippen LogP contribution is 2.20. The number of ether oxygens (including phenoxy) is 1. The molecule has 0 spiro atoms. The molecule has 0 saturated carbocycles. The van der Waals surface area contributed by atoms with Crippen molar-refractivity contribution in [1.82, 2.24) is 15.3 Å². The fourth-order valence-corrected chi connectivity index (χ4v) is 2.42. The Labute approximate surface area is 153 Å². The summed E-state index contributed by atoms with van der Waals surface area (Å²) in [6.45, 7) is 0.0383. The smallest absolute Gasteiger partial charge is 0.306 e. The van der Waals surface area contributed by atoms with Gasteiger partial charge in [0.1, 0.15) is 12.3 Å². The molecule has 0 unspecified atom stereocenters. The van der Waals surface area contributed by atoms with Gasteiger partial charge in [-0.25, -0.2) is 0 Å². The van der Waals surface area contributed by atoms with Crippen molar-refractivity contribution in [2.45, 2.75) is 19.4 Å². The van der Waals surface area contributed by atoms with Gasteiger partial charge >= 0.3 is 5.97 Å². The second kappa shape index (κ2) is 7.69. The van der Waals surface area contributed by atoms with Crippen LogP contribution in [0.4, 0.5) is 0 Å². The number of nitrogens with zero attached hydrogens (tertiary/aromatic N) is 3. The van der Waals surface area contributed by atoms with Gasteiger partial charge in [-0.3, -0.25) is 4.79 Å². The summed E-state index contributed by atoms with van der Waals surface area (Å²) in [5.74, 6) is 1.42. The first-order valence-electron chi connectivity index (χ1n) is 8.31. The van der Waals surface area contributed by atoms with Crippen LogP contribution in [0.1, 0.15) is 18.0 Å². The predicted molar refractivity (Wildman–Crippen MR) is 92.1 cm³/mol. The Balaban J connectivity index is 1.26. The molecule has 0 atom stereocenters. The number of rotatable bonds is 7. The minimum absolute atomic E-state index is 0.0383. The van der Waals surface area contributed by atoms with Gasteiger partial charge in [0.05, 0.1) is 12.7 Å². The molecule has 0 radical (unpaired) electrons. The normalized spacial score (nSPS) is 10.8. The Hall–Kier alpha value is -3.68. The van der Waals surface area contributed by atoms with E-state index < -0.39 is 5.97 Å². The van der Waals surface area contributed by atoms with Gasteiger partial charge < -0.3 is 18.2 Å². The lowest BCUT2D eigenvalue weighted by Crippen LogP contribution is -2.06.